The van der Waals surface area contributed by atoms with E-state index in [0.29, 0.717) is 6.04 Å². The zero-order valence-electron chi connectivity index (χ0n) is 8.82. The van der Waals surface area contributed by atoms with Crippen molar-refractivity contribution in [2.75, 3.05) is 0 Å². The molecule has 1 aliphatic carbocycles. The maximum absolute atomic E-state index is 6.05. The number of imidazole rings is 1. The molecule has 1 saturated carbocycles. The first kappa shape index (κ1) is 9.71. The molecule has 0 bridgehead atoms. The lowest BCUT2D eigenvalue weighted by Gasteiger charge is -2.10. The van der Waals surface area contributed by atoms with Crippen LogP contribution in [0.5, 0.6) is 0 Å². The summed E-state index contributed by atoms with van der Waals surface area (Å²) in [5, 5.41) is 0. The first-order chi connectivity index (χ1) is 6.81. The molecular weight excluding hydrogens is 174 g/mol. The maximum atomic E-state index is 6.05. The van der Waals surface area contributed by atoms with Crippen LogP contribution in [0.1, 0.15) is 32.0 Å². The first-order valence-corrected chi connectivity index (χ1v) is 5.57. The van der Waals surface area contributed by atoms with Gasteiger partial charge in [0.1, 0.15) is 5.82 Å². The highest BCUT2D eigenvalue weighted by molar-refractivity contribution is 4.94. The van der Waals surface area contributed by atoms with Crippen molar-refractivity contribution in [3.05, 3.63) is 18.2 Å². The van der Waals surface area contributed by atoms with E-state index in [1.54, 1.807) is 0 Å². The lowest BCUT2D eigenvalue weighted by molar-refractivity contribution is 0.532. The zero-order valence-corrected chi connectivity index (χ0v) is 8.82. The van der Waals surface area contributed by atoms with Crippen molar-refractivity contribution < 1.29 is 0 Å². The largest absolute Gasteiger partial charge is 0.335 e. The molecular formula is C11H19N3. The lowest BCUT2D eigenvalue weighted by Crippen LogP contribution is -2.23. The Morgan fingerprint density at radius 3 is 3.07 bits per heavy atom. The average molecular weight is 193 g/mol. The molecule has 1 heterocycles. The fourth-order valence-electron chi connectivity index (χ4n) is 1.91. The van der Waals surface area contributed by atoms with Gasteiger partial charge in [0.05, 0.1) is 0 Å². The minimum absolute atomic E-state index is 0.400. The molecule has 0 radical (unpaired) electrons. The van der Waals surface area contributed by atoms with Crippen molar-refractivity contribution in [3.63, 3.8) is 0 Å². The van der Waals surface area contributed by atoms with Crippen molar-refractivity contribution in [3.8, 4) is 0 Å². The second kappa shape index (κ2) is 4.13. The number of nitrogens with zero attached hydrogens (tertiary/aromatic N) is 2. The van der Waals surface area contributed by atoms with Gasteiger partial charge in [0.2, 0.25) is 0 Å². The maximum Gasteiger partial charge on any atom is 0.108 e. The topological polar surface area (TPSA) is 43.8 Å². The van der Waals surface area contributed by atoms with Gasteiger partial charge >= 0.3 is 0 Å². The van der Waals surface area contributed by atoms with Crippen molar-refractivity contribution in [2.24, 2.45) is 11.7 Å². The summed E-state index contributed by atoms with van der Waals surface area (Å²) in [6.07, 6.45) is 8.70. The van der Waals surface area contributed by atoms with Crippen molar-refractivity contribution >= 4 is 0 Å². The van der Waals surface area contributed by atoms with Gasteiger partial charge in [0.25, 0.3) is 0 Å². The quantitative estimate of drug-likeness (QED) is 0.771. The Morgan fingerprint density at radius 1 is 1.64 bits per heavy atom. The van der Waals surface area contributed by atoms with Gasteiger partial charge in [-0.05, 0) is 32.1 Å². The Labute approximate surface area is 85.3 Å². The van der Waals surface area contributed by atoms with E-state index < -0.39 is 0 Å². The summed E-state index contributed by atoms with van der Waals surface area (Å²) >= 11 is 0. The third-order valence-corrected chi connectivity index (χ3v) is 3.07. The van der Waals surface area contributed by atoms with Gasteiger partial charge in [-0.25, -0.2) is 4.98 Å². The van der Waals surface area contributed by atoms with Gasteiger partial charge in [0.15, 0.2) is 0 Å². The van der Waals surface area contributed by atoms with Crippen LogP contribution in [0.3, 0.4) is 0 Å². The van der Waals surface area contributed by atoms with Crippen LogP contribution in [0.4, 0.5) is 0 Å². The van der Waals surface area contributed by atoms with E-state index in [4.69, 9.17) is 5.73 Å². The Morgan fingerprint density at radius 2 is 2.43 bits per heavy atom. The average Bonchev–Trinajstić information content (AvgIpc) is 2.94. The smallest absolute Gasteiger partial charge is 0.108 e. The number of hydrogen-bond donors (Lipinski definition) is 1. The highest BCUT2D eigenvalue weighted by Crippen LogP contribution is 2.33. The highest BCUT2D eigenvalue weighted by Gasteiger charge is 2.28. The molecule has 0 amide bonds. The molecule has 0 saturated heterocycles. The SMILES string of the molecule is CCn1ccnc1CCC(N)C1CC1. The van der Waals surface area contributed by atoms with Crippen LogP contribution >= 0.6 is 0 Å². The number of rotatable bonds is 5. The second-order valence-corrected chi connectivity index (χ2v) is 4.17. The van der Waals surface area contributed by atoms with E-state index in [0.717, 1.165) is 25.3 Å². The van der Waals surface area contributed by atoms with Gasteiger partial charge < -0.3 is 10.3 Å². The Balaban J connectivity index is 1.84. The molecule has 2 N–H and O–H groups in total. The summed E-state index contributed by atoms with van der Waals surface area (Å²) in [5.74, 6) is 1.99. The summed E-state index contributed by atoms with van der Waals surface area (Å²) in [6, 6.07) is 0.400. The van der Waals surface area contributed by atoms with E-state index >= 15 is 0 Å². The first-order valence-electron chi connectivity index (χ1n) is 5.57. The minimum atomic E-state index is 0.400. The molecule has 0 aliphatic heterocycles. The predicted octanol–water partition coefficient (Wildman–Crippen LogP) is 1.57. The van der Waals surface area contributed by atoms with Crippen LogP contribution in [-0.2, 0) is 13.0 Å². The van der Waals surface area contributed by atoms with Gasteiger partial charge in [-0.2, -0.15) is 0 Å². The van der Waals surface area contributed by atoms with Crippen LogP contribution in [0.15, 0.2) is 12.4 Å². The molecule has 1 aliphatic rings. The molecule has 1 fully saturated rings. The summed E-state index contributed by atoms with van der Waals surface area (Å²) < 4.78 is 2.19. The normalized spacial score (nSPS) is 18.4. The Bertz CT molecular complexity index is 288. The highest BCUT2D eigenvalue weighted by atomic mass is 15.0. The molecule has 0 spiro atoms. The van der Waals surface area contributed by atoms with E-state index in [1.807, 2.05) is 12.4 Å². The fourth-order valence-corrected chi connectivity index (χ4v) is 1.91. The monoisotopic (exact) mass is 193 g/mol. The number of hydrogen-bond acceptors (Lipinski definition) is 2. The Kier molecular flexibility index (Phi) is 2.87. The molecule has 1 unspecified atom stereocenters. The van der Waals surface area contributed by atoms with E-state index in [1.165, 1.54) is 18.7 Å². The molecule has 2 rings (SSSR count). The molecule has 1 aromatic heterocycles. The van der Waals surface area contributed by atoms with Crippen molar-refractivity contribution in [2.45, 2.75) is 45.2 Å². The summed E-state index contributed by atoms with van der Waals surface area (Å²) in [7, 11) is 0. The molecule has 3 nitrogen and oxygen atoms in total. The number of aromatic nitrogens is 2. The summed E-state index contributed by atoms with van der Waals surface area (Å²) in [4.78, 5) is 4.35. The van der Waals surface area contributed by atoms with Crippen LogP contribution in [-0.4, -0.2) is 15.6 Å². The summed E-state index contributed by atoms with van der Waals surface area (Å²) in [6.45, 7) is 3.15. The zero-order chi connectivity index (χ0) is 9.97. The number of nitrogens with two attached hydrogens (primary N) is 1. The molecule has 1 atom stereocenters. The molecule has 78 valence electrons. The molecule has 3 heteroatoms. The van der Waals surface area contributed by atoms with Gasteiger partial charge in [-0.1, -0.05) is 0 Å². The third-order valence-electron chi connectivity index (χ3n) is 3.07. The van der Waals surface area contributed by atoms with Crippen molar-refractivity contribution in [1.82, 2.24) is 9.55 Å². The third kappa shape index (κ3) is 2.15. The van der Waals surface area contributed by atoms with Gasteiger partial charge in [0, 0.05) is 31.4 Å². The van der Waals surface area contributed by atoms with E-state index in [-0.39, 0.29) is 0 Å². The molecule has 14 heavy (non-hydrogen) atoms. The van der Waals surface area contributed by atoms with E-state index in [2.05, 4.69) is 16.5 Å². The van der Waals surface area contributed by atoms with Crippen LogP contribution in [0, 0.1) is 5.92 Å². The van der Waals surface area contributed by atoms with Gasteiger partial charge in [-0.15, -0.1) is 0 Å². The van der Waals surface area contributed by atoms with Crippen LogP contribution < -0.4 is 5.73 Å². The minimum Gasteiger partial charge on any atom is -0.335 e. The van der Waals surface area contributed by atoms with E-state index in [9.17, 15) is 0 Å². The predicted molar refractivity (Wildman–Crippen MR) is 56.9 cm³/mol. The van der Waals surface area contributed by atoms with Crippen LogP contribution in [0.2, 0.25) is 0 Å². The van der Waals surface area contributed by atoms with Crippen LogP contribution in [0.25, 0.3) is 0 Å². The lowest BCUT2D eigenvalue weighted by atomic mass is 10.1. The van der Waals surface area contributed by atoms with Gasteiger partial charge in [-0.3, -0.25) is 0 Å². The standard InChI is InChI=1S/C11H19N3/c1-2-14-8-7-13-11(14)6-5-10(12)9-3-4-9/h7-10H,2-6,12H2,1H3. The Hall–Kier alpha value is -0.830. The number of aryl methyl sites for hydroxylation is 2. The molecule has 0 aromatic carbocycles. The molecule has 1 aromatic rings. The summed E-state index contributed by atoms with van der Waals surface area (Å²) in [5.41, 5.74) is 6.05. The fraction of sp³-hybridized carbons (Fsp3) is 0.727. The van der Waals surface area contributed by atoms with Crippen molar-refractivity contribution in [1.29, 1.82) is 0 Å². The second-order valence-electron chi connectivity index (χ2n) is 4.17.